The molecule has 0 bridgehead atoms. The van der Waals surface area contributed by atoms with Gasteiger partial charge in [0.1, 0.15) is 11.2 Å². The number of hydrogen-bond acceptors (Lipinski definition) is 2. The van der Waals surface area contributed by atoms with Crippen molar-refractivity contribution in [1.82, 2.24) is 5.32 Å². The van der Waals surface area contributed by atoms with Crippen LogP contribution in [-0.4, -0.2) is 0 Å². The lowest BCUT2D eigenvalue weighted by Crippen LogP contribution is -2.16. The summed E-state index contributed by atoms with van der Waals surface area (Å²) in [7, 11) is 0. The average molecular weight is 626 g/mol. The van der Waals surface area contributed by atoms with Gasteiger partial charge in [0.25, 0.3) is 0 Å². The number of fused-ring (bicyclic) bond motifs is 7. The molecule has 1 aliphatic heterocycles. The highest BCUT2D eigenvalue weighted by atomic mass is 16.3. The summed E-state index contributed by atoms with van der Waals surface area (Å²) in [4.78, 5) is 0. The van der Waals surface area contributed by atoms with Gasteiger partial charge in [0.15, 0.2) is 0 Å². The highest BCUT2D eigenvalue weighted by Gasteiger charge is 2.19. The molecule has 1 aliphatic rings. The average Bonchev–Trinajstić information content (AvgIpc) is 3.56. The molecule has 9 aromatic rings. The molecule has 8 aromatic carbocycles. The van der Waals surface area contributed by atoms with E-state index in [1.54, 1.807) is 0 Å². The standard InChI is InChI=1S/C47H31NO/c1-2-11-33(12-3-1)45-37-14-6-8-16-39(37)46(40-17-9-7-15-38(40)45)35-22-25-42(48-29-35)32-20-18-30(19-21-32)34-24-26-43-41(28-34)47-36-13-5-4-10-31(36)23-27-44(47)49-43/h1-29,42,48H. The Morgan fingerprint density at radius 2 is 1.06 bits per heavy atom. The van der Waals surface area contributed by atoms with E-state index in [9.17, 15) is 0 Å². The molecule has 10 rings (SSSR count). The minimum Gasteiger partial charge on any atom is -0.456 e. The predicted octanol–water partition coefficient (Wildman–Crippen LogP) is 12.6. The maximum Gasteiger partial charge on any atom is 0.136 e. The molecule has 2 heteroatoms. The summed E-state index contributed by atoms with van der Waals surface area (Å²) < 4.78 is 6.24. The van der Waals surface area contributed by atoms with Crippen molar-refractivity contribution in [3.63, 3.8) is 0 Å². The summed E-state index contributed by atoms with van der Waals surface area (Å²) in [6, 6.07) is 56.7. The summed E-state index contributed by atoms with van der Waals surface area (Å²) in [5.74, 6) is 0. The maximum absolute atomic E-state index is 6.24. The van der Waals surface area contributed by atoms with Crippen molar-refractivity contribution in [3.05, 3.63) is 187 Å². The Labute approximate surface area is 284 Å². The Balaban J connectivity index is 0.986. The fraction of sp³-hybridized carbons (Fsp3) is 0.0213. The lowest BCUT2D eigenvalue weighted by atomic mass is 9.85. The normalized spacial score (nSPS) is 14.5. The molecule has 49 heavy (non-hydrogen) atoms. The van der Waals surface area contributed by atoms with Crippen LogP contribution in [0.5, 0.6) is 0 Å². The molecule has 1 N–H and O–H groups in total. The number of rotatable bonds is 4. The van der Waals surface area contributed by atoms with E-state index in [1.807, 2.05) is 0 Å². The van der Waals surface area contributed by atoms with E-state index < -0.39 is 0 Å². The van der Waals surface area contributed by atoms with Crippen LogP contribution in [0.1, 0.15) is 17.2 Å². The number of nitrogens with one attached hydrogen (secondary N) is 1. The molecule has 1 aromatic heterocycles. The molecule has 1 atom stereocenters. The first-order valence-electron chi connectivity index (χ1n) is 16.9. The van der Waals surface area contributed by atoms with E-state index in [2.05, 4.69) is 181 Å². The molecule has 1 unspecified atom stereocenters. The monoisotopic (exact) mass is 625 g/mol. The third-order valence-corrected chi connectivity index (χ3v) is 10.1. The van der Waals surface area contributed by atoms with Crippen molar-refractivity contribution in [3.8, 4) is 22.3 Å². The highest BCUT2D eigenvalue weighted by molar-refractivity contribution is 6.20. The van der Waals surface area contributed by atoms with Gasteiger partial charge < -0.3 is 9.73 Å². The van der Waals surface area contributed by atoms with Gasteiger partial charge in [-0.1, -0.05) is 152 Å². The van der Waals surface area contributed by atoms with Crippen LogP contribution in [0.25, 0.3) is 82.1 Å². The summed E-state index contributed by atoms with van der Waals surface area (Å²) in [5, 5.41) is 13.6. The minimum atomic E-state index is 0.0885. The van der Waals surface area contributed by atoms with Gasteiger partial charge in [-0.2, -0.15) is 0 Å². The number of allylic oxidation sites excluding steroid dienone is 2. The van der Waals surface area contributed by atoms with Gasteiger partial charge in [0.2, 0.25) is 0 Å². The summed E-state index contributed by atoms with van der Waals surface area (Å²) in [6.45, 7) is 0. The van der Waals surface area contributed by atoms with Gasteiger partial charge in [0.05, 0.1) is 6.04 Å². The van der Waals surface area contributed by atoms with Crippen molar-refractivity contribution >= 4 is 59.8 Å². The van der Waals surface area contributed by atoms with Crippen molar-refractivity contribution in [1.29, 1.82) is 0 Å². The van der Waals surface area contributed by atoms with Crippen LogP contribution in [0.2, 0.25) is 0 Å². The maximum atomic E-state index is 6.24. The molecular weight excluding hydrogens is 595 g/mol. The molecule has 0 fully saturated rings. The lowest BCUT2D eigenvalue weighted by molar-refractivity contribution is 0.669. The second kappa shape index (κ2) is 11.1. The van der Waals surface area contributed by atoms with Crippen molar-refractivity contribution in [2.75, 3.05) is 0 Å². The Morgan fingerprint density at radius 3 is 1.76 bits per heavy atom. The van der Waals surface area contributed by atoms with Crippen LogP contribution in [0.4, 0.5) is 0 Å². The SMILES string of the molecule is C1=CC(c2ccc(-c3ccc4oc5ccc6ccccc6c5c4c3)cc2)NC=C1c1c2ccccc2c(-c2ccccc2)c2ccccc12. The largest absolute Gasteiger partial charge is 0.456 e. The van der Waals surface area contributed by atoms with E-state index >= 15 is 0 Å². The first-order valence-corrected chi connectivity index (χ1v) is 16.9. The lowest BCUT2D eigenvalue weighted by Gasteiger charge is -2.22. The Bertz CT molecular complexity index is 2730. The Morgan fingerprint density at radius 1 is 0.449 bits per heavy atom. The van der Waals surface area contributed by atoms with Crippen LogP contribution in [-0.2, 0) is 0 Å². The fourth-order valence-electron chi connectivity index (χ4n) is 7.81. The van der Waals surface area contributed by atoms with Crippen molar-refractivity contribution in [2.45, 2.75) is 6.04 Å². The molecule has 0 spiro atoms. The Hall–Kier alpha value is -6.38. The fourth-order valence-corrected chi connectivity index (χ4v) is 7.81. The molecule has 0 saturated heterocycles. The van der Waals surface area contributed by atoms with Gasteiger partial charge in [-0.3, -0.25) is 0 Å². The van der Waals surface area contributed by atoms with Crippen LogP contribution in [0.3, 0.4) is 0 Å². The van der Waals surface area contributed by atoms with E-state index in [0.29, 0.717) is 0 Å². The topological polar surface area (TPSA) is 25.2 Å². The van der Waals surface area contributed by atoms with E-state index in [1.165, 1.54) is 76.7 Å². The van der Waals surface area contributed by atoms with Crippen LogP contribution in [0, 0.1) is 0 Å². The van der Waals surface area contributed by atoms with E-state index in [4.69, 9.17) is 4.42 Å². The van der Waals surface area contributed by atoms with Crippen molar-refractivity contribution < 1.29 is 4.42 Å². The van der Waals surface area contributed by atoms with Crippen LogP contribution >= 0.6 is 0 Å². The molecule has 0 amide bonds. The smallest absolute Gasteiger partial charge is 0.136 e. The zero-order valence-electron chi connectivity index (χ0n) is 26.7. The van der Waals surface area contributed by atoms with E-state index in [-0.39, 0.29) is 6.04 Å². The molecule has 0 saturated carbocycles. The minimum absolute atomic E-state index is 0.0885. The van der Waals surface area contributed by atoms with Gasteiger partial charge >= 0.3 is 0 Å². The van der Waals surface area contributed by atoms with Crippen LogP contribution < -0.4 is 5.32 Å². The summed E-state index contributed by atoms with van der Waals surface area (Å²) in [5.41, 5.74) is 10.4. The Kier molecular flexibility index (Phi) is 6.28. The zero-order valence-corrected chi connectivity index (χ0v) is 26.7. The summed E-state index contributed by atoms with van der Waals surface area (Å²) >= 11 is 0. The van der Waals surface area contributed by atoms with Gasteiger partial charge in [-0.05, 0) is 89.5 Å². The first-order chi connectivity index (χ1) is 24.3. The third kappa shape index (κ3) is 4.49. The number of hydrogen-bond donors (Lipinski definition) is 1. The second-order valence-electron chi connectivity index (χ2n) is 12.9. The predicted molar refractivity (Wildman–Crippen MR) is 207 cm³/mol. The van der Waals surface area contributed by atoms with Gasteiger partial charge in [0, 0.05) is 17.0 Å². The van der Waals surface area contributed by atoms with Gasteiger partial charge in [-0.25, -0.2) is 0 Å². The molecule has 0 radical (unpaired) electrons. The van der Waals surface area contributed by atoms with Crippen LogP contribution in [0.15, 0.2) is 180 Å². The number of benzene rings is 8. The zero-order chi connectivity index (χ0) is 32.3. The number of furan rings is 1. The van der Waals surface area contributed by atoms with Crippen molar-refractivity contribution in [2.24, 2.45) is 0 Å². The quantitative estimate of drug-likeness (QED) is 0.197. The van der Waals surface area contributed by atoms with Gasteiger partial charge in [-0.15, -0.1) is 0 Å². The molecule has 2 nitrogen and oxygen atoms in total. The molecular formula is C47H31NO. The third-order valence-electron chi connectivity index (χ3n) is 10.1. The second-order valence-corrected chi connectivity index (χ2v) is 12.9. The molecule has 230 valence electrons. The first kappa shape index (κ1) is 27.7. The number of dihydropyridines is 1. The summed E-state index contributed by atoms with van der Waals surface area (Å²) in [6.07, 6.45) is 6.76. The molecule has 0 aliphatic carbocycles. The molecule has 2 heterocycles. The highest BCUT2D eigenvalue weighted by Crippen LogP contribution is 2.43. The van der Waals surface area contributed by atoms with E-state index in [0.717, 1.165) is 16.6 Å².